The van der Waals surface area contributed by atoms with Crippen molar-refractivity contribution in [3.05, 3.63) is 55.4 Å². The van der Waals surface area contributed by atoms with Crippen molar-refractivity contribution in [3.8, 4) is 0 Å². The summed E-state index contributed by atoms with van der Waals surface area (Å²) in [5.41, 5.74) is -0.416. The summed E-state index contributed by atoms with van der Waals surface area (Å²) in [7, 11) is 2.92. The van der Waals surface area contributed by atoms with E-state index in [9.17, 15) is 18.8 Å². The number of piperidine rings is 1. The molecule has 0 radical (unpaired) electrons. The normalized spacial score (nSPS) is 16.9. The molecule has 1 fully saturated rings. The number of halogens is 2. The molecular formula is C20H21ClFN5O3. The van der Waals surface area contributed by atoms with Crippen LogP contribution in [0.15, 0.2) is 27.8 Å². The van der Waals surface area contributed by atoms with Gasteiger partial charge in [-0.25, -0.2) is 9.18 Å². The molecule has 0 spiro atoms. The molecule has 1 aromatic carbocycles. The van der Waals surface area contributed by atoms with Gasteiger partial charge in [-0.1, -0.05) is 17.7 Å². The standard InChI is InChI=1S/C20H21ClFN5O3/c1-24-17-16(18(29)25(2)20(24)30)27(10-13-14(21)6-3-7-15(13)22)19(23-17)26-8-4-5-12(9-26)11-28/h3,6-7,11-12H,4-5,8-10H2,1-2H3. The fourth-order valence-corrected chi connectivity index (χ4v) is 4.19. The zero-order valence-corrected chi connectivity index (χ0v) is 17.4. The van der Waals surface area contributed by atoms with E-state index in [1.54, 1.807) is 10.6 Å². The van der Waals surface area contributed by atoms with Crippen LogP contribution in [-0.4, -0.2) is 38.1 Å². The van der Waals surface area contributed by atoms with E-state index in [4.69, 9.17) is 11.6 Å². The molecule has 0 saturated carbocycles. The lowest BCUT2D eigenvalue weighted by molar-refractivity contribution is -0.111. The van der Waals surface area contributed by atoms with Crippen LogP contribution in [0.2, 0.25) is 5.02 Å². The third kappa shape index (κ3) is 3.23. The van der Waals surface area contributed by atoms with Crippen molar-refractivity contribution in [1.82, 2.24) is 18.7 Å². The van der Waals surface area contributed by atoms with Crippen LogP contribution in [0.25, 0.3) is 11.2 Å². The topological polar surface area (TPSA) is 82.1 Å². The van der Waals surface area contributed by atoms with Crippen LogP contribution < -0.4 is 16.1 Å². The van der Waals surface area contributed by atoms with Gasteiger partial charge in [-0.3, -0.25) is 18.5 Å². The predicted molar refractivity (Wildman–Crippen MR) is 112 cm³/mol. The summed E-state index contributed by atoms with van der Waals surface area (Å²) in [6.07, 6.45) is 2.48. The SMILES string of the molecule is Cn1c(=O)c2c(nc(N3CCCC(C=O)C3)n2Cc2c(F)cccc2Cl)n(C)c1=O. The number of carbonyl (C=O) groups excluding carboxylic acids is 1. The summed E-state index contributed by atoms with van der Waals surface area (Å²) in [6.45, 7) is 1.03. The minimum absolute atomic E-state index is 0.0347. The number of nitrogens with zero attached hydrogens (tertiary/aromatic N) is 5. The van der Waals surface area contributed by atoms with Gasteiger partial charge in [0.05, 0.1) is 6.54 Å². The number of hydrogen-bond donors (Lipinski definition) is 0. The van der Waals surface area contributed by atoms with Crippen LogP contribution in [0.3, 0.4) is 0 Å². The molecule has 3 heterocycles. The fraction of sp³-hybridized carbons (Fsp3) is 0.400. The highest BCUT2D eigenvalue weighted by atomic mass is 35.5. The van der Waals surface area contributed by atoms with Gasteiger partial charge < -0.3 is 9.69 Å². The highest BCUT2D eigenvalue weighted by Gasteiger charge is 2.27. The van der Waals surface area contributed by atoms with Crippen molar-refractivity contribution >= 4 is 35.0 Å². The van der Waals surface area contributed by atoms with E-state index in [2.05, 4.69) is 4.98 Å². The first kappa shape index (κ1) is 20.3. The summed E-state index contributed by atoms with van der Waals surface area (Å²) < 4.78 is 18.4. The molecule has 1 saturated heterocycles. The number of rotatable bonds is 4. The highest BCUT2D eigenvalue weighted by Crippen LogP contribution is 2.28. The van der Waals surface area contributed by atoms with E-state index in [0.29, 0.717) is 19.0 Å². The lowest BCUT2D eigenvalue weighted by Crippen LogP contribution is -2.38. The van der Waals surface area contributed by atoms with Gasteiger partial charge in [0.2, 0.25) is 5.95 Å². The van der Waals surface area contributed by atoms with Crippen molar-refractivity contribution in [2.45, 2.75) is 19.4 Å². The zero-order valence-electron chi connectivity index (χ0n) is 16.6. The van der Waals surface area contributed by atoms with Gasteiger partial charge >= 0.3 is 5.69 Å². The monoisotopic (exact) mass is 433 g/mol. The van der Waals surface area contributed by atoms with Gasteiger partial charge in [0.1, 0.15) is 12.1 Å². The van der Waals surface area contributed by atoms with Crippen LogP contribution >= 0.6 is 11.6 Å². The molecule has 10 heteroatoms. The number of aromatic nitrogens is 4. The first-order valence-electron chi connectivity index (χ1n) is 9.62. The first-order valence-corrected chi connectivity index (χ1v) is 10.0. The van der Waals surface area contributed by atoms with Crippen molar-refractivity contribution in [2.24, 2.45) is 20.0 Å². The summed E-state index contributed by atoms with van der Waals surface area (Å²) in [5.74, 6) is -0.244. The Morgan fingerprint density at radius 1 is 1.27 bits per heavy atom. The second kappa shape index (κ2) is 7.71. The van der Waals surface area contributed by atoms with Gasteiger partial charge in [0.15, 0.2) is 11.2 Å². The van der Waals surface area contributed by atoms with E-state index in [-0.39, 0.29) is 34.2 Å². The van der Waals surface area contributed by atoms with Gasteiger partial charge in [-0.2, -0.15) is 4.98 Å². The molecule has 1 aliphatic rings. The Balaban J connectivity index is 1.99. The average Bonchev–Trinajstić information content (AvgIpc) is 3.13. The van der Waals surface area contributed by atoms with E-state index in [1.807, 2.05) is 4.90 Å². The second-order valence-electron chi connectivity index (χ2n) is 7.56. The number of benzene rings is 1. The molecule has 1 atom stereocenters. The number of imidazole rings is 1. The van der Waals surface area contributed by atoms with Crippen LogP contribution in [-0.2, 0) is 25.4 Å². The molecule has 0 amide bonds. The largest absolute Gasteiger partial charge is 0.341 e. The minimum atomic E-state index is -0.525. The smallest absolute Gasteiger partial charge is 0.332 e. The summed E-state index contributed by atoms with van der Waals surface area (Å²) in [4.78, 5) is 43.2. The number of anilines is 1. The summed E-state index contributed by atoms with van der Waals surface area (Å²) >= 11 is 6.24. The number of hydrogen-bond acceptors (Lipinski definition) is 5. The molecule has 4 rings (SSSR count). The van der Waals surface area contributed by atoms with Gasteiger partial charge in [0.25, 0.3) is 5.56 Å². The van der Waals surface area contributed by atoms with Gasteiger partial charge in [-0.05, 0) is 25.0 Å². The van der Waals surface area contributed by atoms with Crippen LogP contribution in [0.1, 0.15) is 18.4 Å². The Hall–Kier alpha value is -2.94. The van der Waals surface area contributed by atoms with Crippen molar-refractivity contribution in [1.29, 1.82) is 0 Å². The van der Waals surface area contributed by atoms with E-state index in [0.717, 1.165) is 23.7 Å². The Morgan fingerprint density at radius 2 is 2.03 bits per heavy atom. The van der Waals surface area contributed by atoms with E-state index < -0.39 is 17.1 Å². The number of fused-ring (bicyclic) bond motifs is 1. The Bertz CT molecular complexity index is 1240. The molecular weight excluding hydrogens is 413 g/mol. The fourth-order valence-electron chi connectivity index (χ4n) is 3.97. The lowest BCUT2D eigenvalue weighted by Gasteiger charge is -2.31. The van der Waals surface area contributed by atoms with Crippen LogP contribution in [0.4, 0.5) is 10.3 Å². The maximum Gasteiger partial charge on any atom is 0.332 e. The molecule has 0 aliphatic carbocycles. The third-order valence-electron chi connectivity index (χ3n) is 5.64. The van der Waals surface area contributed by atoms with Crippen molar-refractivity contribution in [3.63, 3.8) is 0 Å². The second-order valence-corrected chi connectivity index (χ2v) is 7.97. The van der Waals surface area contributed by atoms with E-state index in [1.165, 1.54) is 30.8 Å². The predicted octanol–water partition coefficient (Wildman–Crippen LogP) is 1.69. The number of aryl methyl sites for hydroxylation is 1. The van der Waals surface area contributed by atoms with Crippen LogP contribution in [0.5, 0.6) is 0 Å². The average molecular weight is 434 g/mol. The quantitative estimate of drug-likeness (QED) is 0.585. The molecule has 1 aliphatic heterocycles. The number of aldehydes is 1. The third-order valence-corrected chi connectivity index (χ3v) is 5.99. The van der Waals surface area contributed by atoms with Crippen LogP contribution in [0, 0.1) is 11.7 Å². The molecule has 30 heavy (non-hydrogen) atoms. The van der Waals surface area contributed by atoms with Gasteiger partial charge in [0, 0.05) is 43.7 Å². The molecule has 0 N–H and O–H groups in total. The Kier molecular flexibility index (Phi) is 5.23. The van der Waals surface area contributed by atoms with E-state index >= 15 is 0 Å². The lowest BCUT2D eigenvalue weighted by atomic mass is 10.0. The Morgan fingerprint density at radius 3 is 2.73 bits per heavy atom. The molecule has 158 valence electrons. The minimum Gasteiger partial charge on any atom is -0.341 e. The number of carbonyl (C=O) groups is 1. The molecule has 3 aromatic rings. The molecule has 8 nitrogen and oxygen atoms in total. The molecule has 1 unspecified atom stereocenters. The first-order chi connectivity index (χ1) is 14.3. The molecule has 0 bridgehead atoms. The maximum absolute atomic E-state index is 14.5. The zero-order chi connectivity index (χ0) is 21.6. The van der Waals surface area contributed by atoms with Crippen molar-refractivity contribution < 1.29 is 9.18 Å². The summed E-state index contributed by atoms with van der Waals surface area (Å²) in [5, 5.41) is 0.230. The maximum atomic E-state index is 14.5. The highest BCUT2D eigenvalue weighted by molar-refractivity contribution is 6.31. The summed E-state index contributed by atoms with van der Waals surface area (Å²) in [6, 6.07) is 4.39. The molecule has 2 aromatic heterocycles. The Labute approximate surface area is 176 Å². The van der Waals surface area contributed by atoms with Gasteiger partial charge in [-0.15, -0.1) is 0 Å². The van der Waals surface area contributed by atoms with Crippen molar-refractivity contribution in [2.75, 3.05) is 18.0 Å².